The third kappa shape index (κ3) is 2.51. The van der Waals surface area contributed by atoms with Crippen molar-refractivity contribution in [3.63, 3.8) is 0 Å². The molecule has 2 aromatic heterocycles. The van der Waals surface area contributed by atoms with E-state index in [-0.39, 0.29) is 0 Å². The van der Waals surface area contributed by atoms with Gasteiger partial charge in [0.15, 0.2) is 5.82 Å². The Morgan fingerprint density at radius 1 is 1.17 bits per heavy atom. The first-order chi connectivity index (χ1) is 8.63. The third-order valence-corrected chi connectivity index (χ3v) is 3.38. The molecule has 0 spiro atoms. The molecule has 1 N–H and O–H groups in total. The normalized spacial score (nSPS) is 10.7. The Labute approximate surface area is 115 Å². The largest absolute Gasteiger partial charge is 0.372 e. The number of aromatic nitrogens is 3. The molecule has 18 heavy (non-hydrogen) atoms. The molecule has 0 bridgehead atoms. The molecular weight excluding hydrogens is 292 g/mol. The minimum Gasteiger partial charge on any atom is -0.372 e. The van der Waals surface area contributed by atoms with Gasteiger partial charge in [-0.1, -0.05) is 13.8 Å². The molecule has 5 heteroatoms. The minimum absolute atomic E-state index is 0.329. The van der Waals surface area contributed by atoms with Gasteiger partial charge in [-0.2, -0.15) is 0 Å². The van der Waals surface area contributed by atoms with E-state index < -0.39 is 0 Å². The summed E-state index contributed by atoms with van der Waals surface area (Å²) in [5.41, 5.74) is 1.97. The van der Waals surface area contributed by atoms with Crippen molar-refractivity contribution in [3.05, 3.63) is 34.7 Å². The molecule has 0 fully saturated rings. The summed E-state index contributed by atoms with van der Waals surface area (Å²) in [6, 6.07) is 3.82. The van der Waals surface area contributed by atoms with E-state index >= 15 is 0 Å². The van der Waals surface area contributed by atoms with Crippen LogP contribution in [-0.2, 0) is 0 Å². The van der Waals surface area contributed by atoms with Gasteiger partial charge in [-0.25, -0.2) is 9.97 Å². The summed E-state index contributed by atoms with van der Waals surface area (Å²) in [6.45, 7) is 4.23. The molecule has 2 rings (SSSR count). The first kappa shape index (κ1) is 13.0. The number of nitrogens with one attached hydrogen (secondary N) is 1. The number of hydrogen-bond donors (Lipinski definition) is 1. The molecular formula is C13H15BrN4. The van der Waals surface area contributed by atoms with Crippen molar-refractivity contribution < 1.29 is 0 Å². The zero-order valence-corrected chi connectivity index (χ0v) is 12.2. The van der Waals surface area contributed by atoms with Gasteiger partial charge in [0.25, 0.3) is 0 Å². The van der Waals surface area contributed by atoms with Gasteiger partial charge in [0, 0.05) is 25.0 Å². The molecule has 0 saturated heterocycles. The van der Waals surface area contributed by atoms with Gasteiger partial charge in [0.1, 0.15) is 5.82 Å². The summed E-state index contributed by atoms with van der Waals surface area (Å²) >= 11 is 3.55. The quantitative estimate of drug-likeness (QED) is 0.943. The first-order valence-corrected chi connectivity index (χ1v) is 6.58. The highest BCUT2D eigenvalue weighted by atomic mass is 79.9. The number of anilines is 1. The summed E-state index contributed by atoms with van der Waals surface area (Å²) in [5, 5.41) is 3.09. The van der Waals surface area contributed by atoms with Crippen LogP contribution in [0.4, 0.5) is 5.82 Å². The van der Waals surface area contributed by atoms with Crippen molar-refractivity contribution >= 4 is 21.7 Å². The van der Waals surface area contributed by atoms with Crippen LogP contribution >= 0.6 is 15.9 Å². The van der Waals surface area contributed by atoms with E-state index in [1.165, 1.54) is 0 Å². The second-order valence-corrected chi connectivity index (χ2v) is 5.03. The van der Waals surface area contributed by atoms with E-state index in [2.05, 4.69) is 50.0 Å². The molecule has 0 unspecified atom stereocenters. The molecule has 0 atom stereocenters. The summed E-state index contributed by atoms with van der Waals surface area (Å²) in [6.07, 6.45) is 3.49. The van der Waals surface area contributed by atoms with Crippen LogP contribution in [0.15, 0.2) is 29.0 Å². The average molecular weight is 307 g/mol. The highest BCUT2D eigenvalue weighted by molar-refractivity contribution is 9.10. The van der Waals surface area contributed by atoms with Crippen LogP contribution in [0, 0.1) is 0 Å². The first-order valence-electron chi connectivity index (χ1n) is 5.79. The van der Waals surface area contributed by atoms with Crippen molar-refractivity contribution in [3.8, 4) is 11.4 Å². The van der Waals surface area contributed by atoms with E-state index in [0.717, 1.165) is 21.5 Å². The fraction of sp³-hybridized carbons (Fsp3) is 0.308. The highest BCUT2D eigenvalue weighted by Gasteiger charge is 2.14. The predicted octanol–water partition coefficient (Wildman–Crippen LogP) is 3.47. The Balaban J connectivity index is 2.59. The van der Waals surface area contributed by atoms with Gasteiger partial charge in [0.2, 0.25) is 0 Å². The Hall–Kier alpha value is -1.49. The average Bonchev–Trinajstić information content (AvgIpc) is 2.39. The second-order valence-electron chi connectivity index (χ2n) is 4.24. The standard InChI is InChI=1S/C13H15BrN4/c1-8(2)11-10(14)13(15-3)18-12(17-11)9-4-6-16-7-5-9/h4-8H,1-3H3,(H,15,17,18). The van der Waals surface area contributed by atoms with Gasteiger partial charge in [-0.3, -0.25) is 4.98 Å². The van der Waals surface area contributed by atoms with Crippen LogP contribution < -0.4 is 5.32 Å². The van der Waals surface area contributed by atoms with Crippen LogP contribution in [0.1, 0.15) is 25.5 Å². The van der Waals surface area contributed by atoms with Gasteiger partial charge in [0.05, 0.1) is 10.2 Å². The van der Waals surface area contributed by atoms with Crippen LogP contribution in [0.3, 0.4) is 0 Å². The Morgan fingerprint density at radius 2 is 1.83 bits per heavy atom. The maximum absolute atomic E-state index is 4.62. The summed E-state index contributed by atoms with van der Waals surface area (Å²) in [7, 11) is 1.85. The summed E-state index contributed by atoms with van der Waals surface area (Å²) in [5.74, 6) is 1.85. The topological polar surface area (TPSA) is 50.7 Å². The highest BCUT2D eigenvalue weighted by Crippen LogP contribution is 2.30. The van der Waals surface area contributed by atoms with Crippen molar-refractivity contribution in [2.24, 2.45) is 0 Å². The maximum atomic E-state index is 4.62. The van der Waals surface area contributed by atoms with Crippen LogP contribution in [-0.4, -0.2) is 22.0 Å². The monoisotopic (exact) mass is 306 g/mol. The fourth-order valence-corrected chi connectivity index (χ4v) is 2.48. The lowest BCUT2D eigenvalue weighted by atomic mass is 10.1. The van der Waals surface area contributed by atoms with E-state index in [9.17, 15) is 0 Å². The number of hydrogen-bond acceptors (Lipinski definition) is 4. The number of pyridine rings is 1. The number of nitrogens with zero attached hydrogens (tertiary/aromatic N) is 3. The minimum atomic E-state index is 0.329. The molecule has 0 aliphatic carbocycles. The van der Waals surface area contributed by atoms with Crippen molar-refractivity contribution in [2.75, 3.05) is 12.4 Å². The summed E-state index contributed by atoms with van der Waals surface area (Å²) in [4.78, 5) is 13.1. The van der Waals surface area contributed by atoms with Crippen molar-refractivity contribution in [1.29, 1.82) is 0 Å². The van der Waals surface area contributed by atoms with E-state index in [4.69, 9.17) is 0 Å². The molecule has 0 saturated carbocycles. The molecule has 0 aromatic carbocycles. The second kappa shape index (κ2) is 5.44. The molecule has 0 radical (unpaired) electrons. The van der Waals surface area contributed by atoms with Gasteiger partial charge < -0.3 is 5.32 Å². The van der Waals surface area contributed by atoms with Gasteiger partial charge in [-0.15, -0.1) is 0 Å². The molecule has 4 nitrogen and oxygen atoms in total. The number of halogens is 1. The molecule has 94 valence electrons. The third-order valence-electron chi connectivity index (χ3n) is 2.60. The lowest BCUT2D eigenvalue weighted by Gasteiger charge is -2.13. The van der Waals surface area contributed by atoms with Crippen molar-refractivity contribution in [2.45, 2.75) is 19.8 Å². The zero-order chi connectivity index (χ0) is 13.1. The lowest BCUT2D eigenvalue weighted by molar-refractivity contribution is 0.810. The van der Waals surface area contributed by atoms with Gasteiger partial charge in [-0.05, 0) is 34.0 Å². The van der Waals surface area contributed by atoms with E-state index in [0.29, 0.717) is 11.7 Å². The van der Waals surface area contributed by atoms with Crippen LogP contribution in [0.25, 0.3) is 11.4 Å². The van der Waals surface area contributed by atoms with Crippen LogP contribution in [0.2, 0.25) is 0 Å². The van der Waals surface area contributed by atoms with Crippen LogP contribution in [0.5, 0.6) is 0 Å². The molecule has 0 amide bonds. The van der Waals surface area contributed by atoms with E-state index in [1.54, 1.807) is 12.4 Å². The van der Waals surface area contributed by atoms with Gasteiger partial charge >= 0.3 is 0 Å². The predicted molar refractivity (Wildman–Crippen MR) is 76.6 cm³/mol. The molecule has 0 aliphatic rings. The Bertz CT molecular complexity index is 540. The smallest absolute Gasteiger partial charge is 0.161 e. The Morgan fingerprint density at radius 3 is 2.39 bits per heavy atom. The zero-order valence-electron chi connectivity index (χ0n) is 10.6. The number of rotatable bonds is 3. The van der Waals surface area contributed by atoms with Crippen molar-refractivity contribution in [1.82, 2.24) is 15.0 Å². The maximum Gasteiger partial charge on any atom is 0.161 e. The molecule has 2 heterocycles. The molecule has 0 aliphatic heterocycles. The summed E-state index contributed by atoms with van der Waals surface area (Å²) < 4.78 is 0.929. The fourth-order valence-electron chi connectivity index (χ4n) is 1.64. The molecule has 2 aromatic rings. The SMILES string of the molecule is CNc1nc(-c2ccncc2)nc(C(C)C)c1Br. The van der Waals surface area contributed by atoms with E-state index in [1.807, 2.05) is 19.2 Å². The Kier molecular flexibility index (Phi) is 3.91. The lowest BCUT2D eigenvalue weighted by Crippen LogP contribution is -2.04.